The van der Waals surface area contributed by atoms with E-state index in [1.54, 1.807) is 12.1 Å². The van der Waals surface area contributed by atoms with Gasteiger partial charge in [-0.15, -0.1) is 6.58 Å². The smallest absolute Gasteiger partial charge is 0.129 e. The summed E-state index contributed by atoms with van der Waals surface area (Å²) in [6, 6.07) is 4.87. The third-order valence-electron chi connectivity index (χ3n) is 3.47. The minimum absolute atomic E-state index is 0.0201. The van der Waals surface area contributed by atoms with E-state index in [2.05, 4.69) is 16.8 Å². The van der Waals surface area contributed by atoms with Crippen LogP contribution in [-0.4, -0.2) is 31.1 Å². The summed E-state index contributed by atoms with van der Waals surface area (Å²) >= 11 is 6.21. The number of hydrogen-bond donors (Lipinski definition) is 1. The maximum absolute atomic E-state index is 14.1. The molecule has 0 aliphatic carbocycles. The first-order valence-corrected chi connectivity index (χ1v) is 7.00. The van der Waals surface area contributed by atoms with Crippen LogP contribution in [0.5, 0.6) is 0 Å². The monoisotopic (exact) mass is 282 g/mol. The topological polar surface area (TPSA) is 15.3 Å². The van der Waals surface area contributed by atoms with E-state index in [1.165, 1.54) is 6.07 Å². The molecule has 1 fully saturated rings. The van der Waals surface area contributed by atoms with E-state index in [0.29, 0.717) is 10.6 Å². The largest absolute Gasteiger partial charge is 0.314 e. The summed E-state index contributed by atoms with van der Waals surface area (Å²) in [5.41, 5.74) is 1.65. The fraction of sp³-hybridized carbons (Fsp3) is 0.467. The van der Waals surface area contributed by atoms with E-state index in [-0.39, 0.29) is 11.9 Å². The van der Waals surface area contributed by atoms with Crippen LogP contribution in [0.1, 0.15) is 24.9 Å². The van der Waals surface area contributed by atoms with Crippen molar-refractivity contribution < 1.29 is 4.39 Å². The predicted octanol–water partition coefficient (Wildman–Crippen LogP) is 3.39. The van der Waals surface area contributed by atoms with E-state index in [1.807, 2.05) is 6.92 Å². The van der Waals surface area contributed by atoms with Crippen molar-refractivity contribution in [2.45, 2.75) is 19.4 Å². The van der Waals surface area contributed by atoms with Crippen molar-refractivity contribution in [3.8, 4) is 0 Å². The average Bonchev–Trinajstić information content (AvgIpc) is 2.38. The Morgan fingerprint density at radius 1 is 1.47 bits per heavy atom. The highest BCUT2D eigenvalue weighted by Gasteiger charge is 2.26. The van der Waals surface area contributed by atoms with Gasteiger partial charge in [-0.1, -0.05) is 23.2 Å². The average molecular weight is 283 g/mol. The van der Waals surface area contributed by atoms with Crippen LogP contribution in [-0.2, 0) is 0 Å². The number of rotatable bonds is 4. The fourth-order valence-corrected chi connectivity index (χ4v) is 2.86. The van der Waals surface area contributed by atoms with E-state index >= 15 is 0 Å². The first-order chi connectivity index (χ1) is 9.09. The Morgan fingerprint density at radius 2 is 2.16 bits per heavy atom. The second-order valence-electron chi connectivity index (χ2n) is 5.10. The van der Waals surface area contributed by atoms with E-state index in [0.717, 1.165) is 38.2 Å². The lowest BCUT2D eigenvalue weighted by molar-refractivity contribution is 0.169. The van der Waals surface area contributed by atoms with Gasteiger partial charge in [-0.3, -0.25) is 4.90 Å². The van der Waals surface area contributed by atoms with Gasteiger partial charge in [0, 0.05) is 42.8 Å². The van der Waals surface area contributed by atoms with E-state index in [4.69, 9.17) is 11.6 Å². The van der Waals surface area contributed by atoms with Crippen LogP contribution in [0.4, 0.5) is 4.39 Å². The first-order valence-electron chi connectivity index (χ1n) is 6.62. The molecule has 1 aromatic rings. The molecule has 0 spiro atoms. The van der Waals surface area contributed by atoms with Gasteiger partial charge in [0.1, 0.15) is 5.82 Å². The Labute approximate surface area is 119 Å². The summed E-state index contributed by atoms with van der Waals surface area (Å²) in [5, 5.41) is 3.82. The van der Waals surface area contributed by atoms with Gasteiger partial charge in [-0.25, -0.2) is 4.39 Å². The summed E-state index contributed by atoms with van der Waals surface area (Å²) < 4.78 is 14.1. The number of hydrogen-bond acceptors (Lipinski definition) is 2. The summed E-state index contributed by atoms with van der Waals surface area (Å²) in [6.45, 7) is 9.61. The van der Waals surface area contributed by atoms with Crippen LogP contribution in [0.2, 0.25) is 5.02 Å². The molecule has 0 saturated carbocycles. The SMILES string of the molecule is C=C(C)C[C@H](c1c(F)cccc1Cl)N1CCNCC1. The quantitative estimate of drug-likeness (QED) is 0.852. The molecule has 0 bridgehead atoms. The van der Waals surface area contributed by atoms with Crippen LogP contribution in [0.25, 0.3) is 0 Å². The molecule has 0 unspecified atom stereocenters. The molecule has 1 aromatic carbocycles. The minimum Gasteiger partial charge on any atom is -0.314 e. The Kier molecular flexibility index (Phi) is 4.97. The molecule has 1 heterocycles. The van der Waals surface area contributed by atoms with Crippen molar-refractivity contribution in [3.63, 3.8) is 0 Å². The van der Waals surface area contributed by atoms with Gasteiger partial charge in [-0.05, 0) is 25.5 Å². The zero-order valence-corrected chi connectivity index (χ0v) is 12.0. The lowest BCUT2D eigenvalue weighted by atomic mass is 9.97. The third kappa shape index (κ3) is 3.56. The molecule has 2 rings (SSSR count). The maximum Gasteiger partial charge on any atom is 0.129 e. The Morgan fingerprint density at radius 3 is 2.74 bits per heavy atom. The first kappa shape index (κ1) is 14.5. The summed E-state index contributed by atoms with van der Waals surface area (Å²) in [7, 11) is 0. The molecule has 1 atom stereocenters. The zero-order valence-electron chi connectivity index (χ0n) is 11.3. The fourth-order valence-electron chi connectivity index (χ4n) is 2.57. The molecule has 2 nitrogen and oxygen atoms in total. The molecule has 1 N–H and O–H groups in total. The zero-order chi connectivity index (χ0) is 13.8. The second kappa shape index (κ2) is 6.51. The molecule has 0 radical (unpaired) electrons. The Balaban J connectivity index is 2.33. The number of nitrogens with one attached hydrogen (secondary N) is 1. The van der Waals surface area contributed by atoms with Gasteiger partial charge in [0.25, 0.3) is 0 Å². The van der Waals surface area contributed by atoms with Gasteiger partial charge in [0.2, 0.25) is 0 Å². The highest BCUT2D eigenvalue weighted by Crippen LogP contribution is 2.34. The normalized spacial score (nSPS) is 18.3. The molecule has 0 amide bonds. The molecule has 0 aromatic heterocycles. The van der Waals surface area contributed by atoms with Crippen LogP contribution < -0.4 is 5.32 Å². The van der Waals surface area contributed by atoms with Crippen molar-refractivity contribution in [3.05, 3.63) is 46.8 Å². The van der Waals surface area contributed by atoms with Crippen LogP contribution in [0, 0.1) is 5.82 Å². The summed E-state index contributed by atoms with van der Waals surface area (Å²) in [5.74, 6) is -0.225. The minimum atomic E-state index is -0.225. The number of nitrogens with zero attached hydrogens (tertiary/aromatic N) is 1. The lowest BCUT2D eigenvalue weighted by Crippen LogP contribution is -2.45. The number of piperazine rings is 1. The van der Waals surface area contributed by atoms with Gasteiger partial charge in [0.05, 0.1) is 0 Å². The summed E-state index contributed by atoms with van der Waals surface area (Å²) in [6.07, 6.45) is 0.737. The molecule has 4 heteroatoms. The van der Waals surface area contributed by atoms with Crippen LogP contribution in [0.15, 0.2) is 30.4 Å². The van der Waals surface area contributed by atoms with Crippen molar-refractivity contribution in [1.82, 2.24) is 10.2 Å². The molecule has 104 valence electrons. The van der Waals surface area contributed by atoms with Crippen molar-refractivity contribution in [1.29, 1.82) is 0 Å². The third-order valence-corrected chi connectivity index (χ3v) is 3.80. The summed E-state index contributed by atoms with van der Waals surface area (Å²) in [4.78, 5) is 2.29. The second-order valence-corrected chi connectivity index (χ2v) is 5.51. The van der Waals surface area contributed by atoms with Crippen molar-refractivity contribution >= 4 is 11.6 Å². The molecule has 1 aliphatic rings. The predicted molar refractivity (Wildman–Crippen MR) is 78.0 cm³/mol. The molecule has 1 aliphatic heterocycles. The van der Waals surface area contributed by atoms with Crippen LogP contribution in [0.3, 0.4) is 0 Å². The standard InChI is InChI=1S/C15H20ClFN2/c1-11(2)10-14(19-8-6-18-7-9-19)15-12(16)4-3-5-13(15)17/h3-5,14,18H,1,6-10H2,2H3/t14-/m1/s1. The van der Waals surface area contributed by atoms with Gasteiger partial charge >= 0.3 is 0 Å². The van der Waals surface area contributed by atoms with E-state index in [9.17, 15) is 4.39 Å². The lowest BCUT2D eigenvalue weighted by Gasteiger charge is -2.36. The molecular formula is C15H20ClFN2. The molecule has 19 heavy (non-hydrogen) atoms. The Hall–Kier alpha value is -0.900. The van der Waals surface area contributed by atoms with Gasteiger partial charge in [-0.2, -0.15) is 0 Å². The van der Waals surface area contributed by atoms with Gasteiger partial charge in [0.15, 0.2) is 0 Å². The van der Waals surface area contributed by atoms with Gasteiger partial charge < -0.3 is 5.32 Å². The number of benzene rings is 1. The highest BCUT2D eigenvalue weighted by atomic mass is 35.5. The highest BCUT2D eigenvalue weighted by molar-refractivity contribution is 6.31. The Bertz CT molecular complexity index is 435. The van der Waals surface area contributed by atoms with Crippen molar-refractivity contribution in [2.24, 2.45) is 0 Å². The maximum atomic E-state index is 14.1. The van der Waals surface area contributed by atoms with Crippen LogP contribution >= 0.6 is 11.6 Å². The van der Waals surface area contributed by atoms with Crippen molar-refractivity contribution in [2.75, 3.05) is 26.2 Å². The number of halogens is 2. The molecular weight excluding hydrogens is 263 g/mol. The molecule has 1 saturated heterocycles. The van der Waals surface area contributed by atoms with E-state index < -0.39 is 0 Å².